The van der Waals surface area contributed by atoms with E-state index in [0.29, 0.717) is 54.6 Å². The first-order valence-electron chi connectivity index (χ1n) is 13.2. The average Bonchev–Trinajstić information content (AvgIpc) is 3.56. The zero-order valence-corrected chi connectivity index (χ0v) is 24.0. The number of fused-ring (bicyclic) bond motifs is 1. The number of ether oxygens (including phenoxy) is 1. The van der Waals surface area contributed by atoms with Crippen molar-refractivity contribution in [3.63, 3.8) is 0 Å². The molecule has 3 aromatic rings. The van der Waals surface area contributed by atoms with Crippen LogP contribution in [0, 0.1) is 6.92 Å². The van der Waals surface area contributed by atoms with Gasteiger partial charge in [0.1, 0.15) is 24.2 Å². The Hall–Kier alpha value is -3.25. The molecule has 5 rings (SSSR count). The van der Waals surface area contributed by atoms with Gasteiger partial charge in [-0.1, -0.05) is 28.9 Å². The molecule has 1 aromatic heterocycles. The van der Waals surface area contributed by atoms with E-state index >= 15 is 0 Å². The van der Waals surface area contributed by atoms with Crippen molar-refractivity contribution >= 4 is 50.7 Å². The number of carbonyl (C=O) groups is 2. The number of hydrogen-bond donors (Lipinski definition) is 2. The first kappa shape index (κ1) is 28.3. The quantitative estimate of drug-likeness (QED) is 0.396. The van der Waals surface area contributed by atoms with E-state index in [-0.39, 0.29) is 31.0 Å². The monoisotopic (exact) mass is 585 g/mol. The van der Waals surface area contributed by atoms with Gasteiger partial charge in [-0.3, -0.25) is 14.5 Å². The largest absolute Gasteiger partial charge is 0.491 e. The number of aliphatic hydroxyl groups is 1. The molecule has 40 heavy (non-hydrogen) atoms. The SMILES string of the molecule is Cc1nc2cc(OC[C@H](O)CN3CCN(C(=O)C4=NOC(CNC(=O)c5ccccc5Cl)C4)[C@@H](C)C3)ccc2s1. The van der Waals surface area contributed by atoms with Crippen molar-refractivity contribution in [1.82, 2.24) is 20.1 Å². The van der Waals surface area contributed by atoms with Crippen LogP contribution in [0.2, 0.25) is 5.02 Å². The van der Waals surface area contributed by atoms with Crippen LogP contribution < -0.4 is 10.1 Å². The summed E-state index contributed by atoms with van der Waals surface area (Å²) in [6.45, 7) is 6.55. The Morgan fingerprint density at radius 2 is 2.10 bits per heavy atom. The van der Waals surface area contributed by atoms with E-state index in [2.05, 4.69) is 20.4 Å². The lowest BCUT2D eigenvalue weighted by Crippen LogP contribution is -2.56. The third-order valence-electron chi connectivity index (χ3n) is 6.94. The molecular formula is C28H32ClN5O5S. The van der Waals surface area contributed by atoms with Crippen LogP contribution in [0.1, 0.15) is 28.7 Å². The molecule has 0 spiro atoms. The molecule has 2 aliphatic heterocycles. The number of benzene rings is 2. The van der Waals surface area contributed by atoms with Crippen LogP contribution >= 0.6 is 22.9 Å². The molecule has 0 saturated carbocycles. The van der Waals surface area contributed by atoms with Crippen LogP contribution in [0.4, 0.5) is 0 Å². The van der Waals surface area contributed by atoms with Crippen LogP contribution in [-0.4, -0.2) is 95.0 Å². The van der Waals surface area contributed by atoms with E-state index in [1.807, 2.05) is 32.0 Å². The van der Waals surface area contributed by atoms with E-state index in [4.69, 9.17) is 21.2 Å². The Morgan fingerprint density at radius 3 is 2.90 bits per heavy atom. The molecule has 3 heterocycles. The number of nitrogens with one attached hydrogen (secondary N) is 1. The third-order valence-corrected chi connectivity index (χ3v) is 8.22. The number of carbonyl (C=O) groups excluding carboxylic acids is 2. The molecule has 2 amide bonds. The normalized spacial score (nSPS) is 20.2. The fraction of sp³-hybridized carbons (Fsp3) is 0.429. The number of oxime groups is 1. The van der Waals surface area contributed by atoms with Gasteiger partial charge in [-0.25, -0.2) is 4.98 Å². The van der Waals surface area contributed by atoms with Crippen LogP contribution in [0.5, 0.6) is 5.75 Å². The summed E-state index contributed by atoms with van der Waals surface area (Å²) in [5.74, 6) is 0.215. The molecule has 1 unspecified atom stereocenters. The molecule has 1 saturated heterocycles. The Morgan fingerprint density at radius 1 is 1.27 bits per heavy atom. The van der Waals surface area contributed by atoms with Crippen LogP contribution in [0.3, 0.4) is 0 Å². The first-order chi connectivity index (χ1) is 19.3. The second kappa shape index (κ2) is 12.5. The molecule has 10 nitrogen and oxygen atoms in total. The van der Waals surface area contributed by atoms with Crippen molar-refractivity contribution in [2.24, 2.45) is 5.16 Å². The number of halogens is 1. The van der Waals surface area contributed by atoms with Crippen molar-refractivity contribution in [3.8, 4) is 5.75 Å². The molecule has 0 aliphatic carbocycles. The molecule has 2 aliphatic rings. The summed E-state index contributed by atoms with van der Waals surface area (Å²) < 4.78 is 6.93. The third kappa shape index (κ3) is 6.72. The fourth-order valence-electron chi connectivity index (χ4n) is 4.93. The minimum Gasteiger partial charge on any atom is -0.491 e. The Bertz CT molecular complexity index is 1410. The van der Waals surface area contributed by atoms with Crippen LogP contribution in [-0.2, 0) is 9.63 Å². The number of nitrogens with zero attached hydrogens (tertiary/aromatic N) is 4. The van der Waals surface area contributed by atoms with Crippen molar-refractivity contribution in [2.75, 3.05) is 39.3 Å². The highest BCUT2D eigenvalue weighted by Gasteiger charge is 2.34. The topological polar surface area (TPSA) is 117 Å². The molecule has 0 bridgehead atoms. The number of hydrogen-bond acceptors (Lipinski definition) is 9. The molecule has 0 radical (unpaired) electrons. The number of aliphatic hydroxyl groups excluding tert-OH is 1. The lowest BCUT2D eigenvalue weighted by Gasteiger charge is -2.40. The van der Waals surface area contributed by atoms with Crippen molar-refractivity contribution in [3.05, 3.63) is 58.1 Å². The zero-order chi connectivity index (χ0) is 28.2. The van der Waals surface area contributed by atoms with Crippen LogP contribution in [0.25, 0.3) is 10.2 Å². The van der Waals surface area contributed by atoms with Crippen molar-refractivity contribution in [2.45, 2.75) is 38.5 Å². The summed E-state index contributed by atoms with van der Waals surface area (Å²) in [5.41, 5.74) is 1.63. The predicted octanol–water partition coefficient (Wildman–Crippen LogP) is 3.11. The highest BCUT2D eigenvalue weighted by Crippen LogP contribution is 2.26. The second-order valence-electron chi connectivity index (χ2n) is 10.1. The summed E-state index contributed by atoms with van der Waals surface area (Å²) in [6, 6.07) is 12.5. The summed E-state index contributed by atoms with van der Waals surface area (Å²) >= 11 is 7.72. The smallest absolute Gasteiger partial charge is 0.272 e. The van der Waals surface area contributed by atoms with Gasteiger partial charge < -0.3 is 24.9 Å². The van der Waals surface area contributed by atoms with E-state index < -0.39 is 12.2 Å². The zero-order valence-electron chi connectivity index (χ0n) is 22.4. The minimum atomic E-state index is -0.670. The summed E-state index contributed by atoms with van der Waals surface area (Å²) in [6.07, 6.45) is -0.772. The Balaban J connectivity index is 1.04. The van der Waals surface area contributed by atoms with Crippen molar-refractivity contribution in [1.29, 1.82) is 0 Å². The highest BCUT2D eigenvalue weighted by molar-refractivity contribution is 7.18. The number of rotatable bonds is 9. The number of thiazole rings is 1. The first-order valence-corrected chi connectivity index (χ1v) is 14.4. The van der Waals surface area contributed by atoms with Gasteiger partial charge in [0.25, 0.3) is 11.8 Å². The van der Waals surface area contributed by atoms with Gasteiger partial charge in [0.05, 0.1) is 32.4 Å². The molecular weight excluding hydrogens is 554 g/mol. The van der Waals surface area contributed by atoms with Gasteiger partial charge >= 0.3 is 0 Å². The van der Waals surface area contributed by atoms with Crippen molar-refractivity contribution < 1.29 is 24.3 Å². The number of β-amino-alcohol motifs (C(OH)–C–C–N with tert-alkyl or cyclic N) is 1. The number of amides is 2. The van der Waals surface area contributed by atoms with Gasteiger partial charge in [0.15, 0.2) is 6.10 Å². The Labute approximate surface area is 241 Å². The Kier molecular flexibility index (Phi) is 8.84. The van der Waals surface area contributed by atoms with Gasteiger partial charge in [0.2, 0.25) is 0 Å². The maximum atomic E-state index is 13.2. The van der Waals surface area contributed by atoms with Crippen LogP contribution in [0.15, 0.2) is 47.6 Å². The molecule has 2 N–H and O–H groups in total. The lowest BCUT2D eigenvalue weighted by atomic mass is 10.1. The molecule has 2 aromatic carbocycles. The van der Waals surface area contributed by atoms with Gasteiger partial charge in [-0.15, -0.1) is 11.3 Å². The van der Waals surface area contributed by atoms with E-state index in [1.54, 1.807) is 40.5 Å². The number of aryl methyl sites for hydroxylation is 1. The molecule has 12 heteroatoms. The van der Waals surface area contributed by atoms with Gasteiger partial charge in [-0.2, -0.15) is 0 Å². The number of piperazine rings is 1. The highest BCUT2D eigenvalue weighted by atomic mass is 35.5. The molecule has 212 valence electrons. The minimum absolute atomic E-state index is 0.0636. The van der Waals surface area contributed by atoms with E-state index in [9.17, 15) is 14.7 Å². The maximum absolute atomic E-state index is 13.2. The maximum Gasteiger partial charge on any atom is 0.272 e. The summed E-state index contributed by atoms with van der Waals surface area (Å²) in [4.78, 5) is 39.4. The fourth-order valence-corrected chi connectivity index (χ4v) is 5.96. The second-order valence-corrected chi connectivity index (χ2v) is 11.7. The number of aromatic nitrogens is 1. The summed E-state index contributed by atoms with van der Waals surface area (Å²) in [7, 11) is 0. The predicted molar refractivity (Wildman–Crippen MR) is 154 cm³/mol. The molecule has 3 atom stereocenters. The van der Waals surface area contributed by atoms with E-state index in [1.165, 1.54) is 0 Å². The summed E-state index contributed by atoms with van der Waals surface area (Å²) in [5, 5.41) is 18.8. The van der Waals surface area contributed by atoms with Gasteiger partial charge in [-0.05, 0) is 38.1 Å². The molecule has 1 fully saturated rings. The lowest BCUT2D eigenvalue weighted by molar-refractivity contribution is -0.128. The average molecular weight is 586 g/mol. The van der Waals surface area contributed by atoms with E-state index in [0.717, 1.165) is 15.2 Å². The van der Waals surface area contributed by atoms with Gasteiger partial charge in [0, 0.05) is 44.7 Å². The standard InChI is InChI=1S/C28H32ClN5O5S/c1-17-14-33(15-19(35)16-38-20-7-8-26-24(11-20)31-18(2)40-26)9-10-34(17)28(37)25-12-21(39-32-25)13-30-27(36)22-5-3-4-6-23(22)29/h3-8,11,17,19,21,35H,9-10,12-16H2,1-2H3,(H,30,36)/t17-,19+,21?/m0/s1.